The van der Waals surface area contributed by atoms with Crippen molar-refractivity contribution in [2.45, 2.75) is 6.92 Å². The van der Waals surface area contributed by atoms with Gasteiger partial charge in [-0.25, -0.2) is 0 Å². The van der Waals surface area contributed by atoms with Gasteiger partial charge in [0.15, 0.2) is 0 Å². The first-order valence-corrected chi connectivity index (χ1v) is 5.07. The Labute approximate surface area is 93.9 Å². The van der Waals surface area contributed by atoms with E-state index in [0.717, 1.165) is 22.0 Å². The summed E-state index contributed by atoms with van der Waals surface area (Å²) < 4.78 is 0. The van der Waals surface area contributed by atoms with Gasteiger partial charge in [-0.1, -0.05) is 17.7 Å². The van der Waals surface area contributed by atoms with Gasteiger partial charge < -0.3 is 5.32 Å². The number of anilines is 2. The Kier molecular flexibility index (Phi) is 2.88. The van der Waals surface area contributed by atoms with E-state index in [1.165, 1.54) is 0 Å². The van der Waals surface area contributed by atoms with Gasteiger partial charge in [0, 0.05) is 16.9 Å². The van der Waals surface area contributed by atoms with Crippen molar-refractivity contribution in [2.75, 3.05) is 5.32 Å². The fourth-order valence-electron chi connectivity index (χ4n) is 1.32. The molecule has 3 heteroatoms. The van der Waals surface area contributed by atoms with Crippen molar-refractivity contribution in [1.82, 2.24) is 4.98 Å². The maximum atomic E-state index is 5.93. The molecule has 0 radical (unpaired) electrons. The van der Waals surface area contributed by atoms with Gasteiger partial charge in [-0.3, -0.25) is 4.98 Å². The minimum Gasteiger partial charge on any atom is -0.354 e. The lowest BCUT2D eigenvalue weighted by Crippen LogP contribution is -1.93. The van der Waals surface area contributed by atoms with Gasteiger partial charge in [-0.2, -0.15) is 0 Å². The Morgan fingerprint density at radius 2 is 2.13 bits per heavy atom. The average Bonchev–Trinajstić information content (AvgIpc) is 2.25. The van der Waals surface area contributed by atoms with Crippen molar-refractivity contribution in [3.8, 4) is 0 Å². The number of benzene rings is 1. The van der Waals surface area contributed by atoms with Crippen LogP contribution in [-0.2, 0) is 0 Å². The second-order valence-corrected chi connectivity index (χ2v) is 3.76. The summed E-state index contributed by atoms with van der Waals surface area (Å²) in [4.78, 5) is 4.04. The Balaban J connectivity index is 2.28. The van der Waals surface area contributed by atoms with Crippen LogP contribution in [0.15, 0.2) is 42.7 Å². The van der Waals surface area contributed by atoms with Crippen molar-refractivity contribution in [3.63, 3.8) is 0 Å². The van der Waals surface area contributed by atoms with Crippen LogP contribution < -0.4 is 5.32 Å². The van der Waals surface area contributed by atoms with Gasteiger partial charge in [-0.05, 0) is 36.8 Å². The van der Waals surface area contributed by atoms with Gasteiger partial charge in [0.05, 0.1) is 11.9 Å². The molecule has 0 fully saturated rings. The van der Waals surface area contributed by atoms with Crippen LogP contribution >= 0.6 is 11.6 Å². The predicted molar refractivity (Wildman–Crippen MR) is 63.7 cm³/mol. The highest BCUT2D eigenvalue weighted by molar-refractivity contribution is 6.30. The molecule has 1 aromatic heterocycles. The van der Waals surface area contributed by atoms with Crippen molar-refractivity contribution in [3.05, 3.63) is 53.3 Å². The zero-order valence-electron chi connectivity index (χ0n) is 8.37. The number of halogens is 1. The summed E-state index contributed by atoms with van der Waals surface area (Å²) >= 11 is 5.93. The molecule has 0 saturated carbocycles. The summed E-state index contributed by atoms with van der Waals surface area (Å²) in [7, 11) is 0. The van der Waals surface area contributed by atoms with Crippen molar-refractivity contribution in [2.24, 2.45) is 0 Å². The second-order valence-electron chi connectivity index (χ2n) is 3.33. The smallest absolute Gasteiger partial charge is 0.0570 e. The summed E-state index contributed by atoms with van der Waals surface area (Å²) in [6, 6.07) is 9.63. The van der Waals surface area contributed by atoms with Gasteiger partial charge in [-0.15, -0.1) is 0 Å². The number of rotatable bonds is 2. The van der Waals surface area contributed by atoms with E-state index in [1.54, 1.807) is 12.4 Å². The molecule has 2 aromatic rings. The molecule has 0 aliphatic rings. The Morgan fingerprint density at radius 3 is 2.87 bits per heavy atom. The molecule has 0 aliphatic heterocycles. The monoisotopic (exact) mass is 218 g/mol. The molecule has 15 heavy (non-hydrogen) atoms. The summed E-state index contributed by atoms with van der Waals surface area (Å²) in [6.07, 6.45) is 3.52. The van der Waals surface area contributed by atoms with E-state index in [4.69, 9.17) is 11.6 Å². The molecule has 1 N–H and O–H groups in total. The van der Waals surface area contributed by atoms with Crippen molar-refractivity contribution < 1.29 is 0 Å². The molecule has 1 aromatic carbocycles. The fraction of sp³-hybridized carbons (Fsp3) is 0.0833. The number of pyridine rings is 1. The van der Waals surface area contributed by atoms with E-state index in [9.17, 15) is 0 Å². The van der Waals surface area contributed by atoms with E-state index in [1.807, 2.05) is 37.3 Å². The lowest BCUT2D eigenvalue weighted by molar-refractivity contribution is 1.32. The topological polar surface area (TPSA) is 24.9 Å². The maximum Gasteiger partial charge on any atom is 0.0570 e. The largest absolute Gasteiger partial charge is 0.354 e. The zero-order chi connectivity index (χ0) is 10.7. The first-order chi connectivity index (χ1) is 7.25. The fourth-order valence-corrected chi connectivity index (χ4v) is 1.49. The molecule has 1 heterocycles. The molecule has 0 unspecified atom stereocenters. The van der Waals surface area contributed by atoms with Crippen LogP contribution in [0.25, 0.3) is 0 Å². The summed E-state index contributed by atoms with van der Waals surface area (Å²) in [5.41, 5.74) is 3.13. The maximum absolute atomic E-state index is 5.93. The Morgan fingerprint density at radius 1 is 1.27 bits per heavy atom. The first kappa shape index (κ1) is 9.99. The number of aromatic nitrogens is 1. The number of nitrogens with zero attached hydrogens (tertiary/aromatic N) is 1. The summed E-state index contributed by atoms with van der Waals surface area (Å²) in [6.45, 7) is 2.04. The summed E-state index contributed by atoms with van der Waals surface area (Å²) in [5.74, 6) is 0. The minimum absolute atomic E-state index is 0.729. The van der Waals surface area contributed by atoms with E-state index in [2.05, 4.69) is 10.3 Å². The Bertz CT molecular complexity index is 454. The highest BCUT2D eigenvalue weighted by Gasteiger charge is 1.99. The third kappa shape index (κ3) is 2.48. The molecular weight excluding hydrogens is 208 g/mol. The van der Waals surface area contributed by atoms with E-state index in [0.29, 0.717) is 0 Å². The van der Waals surface area contributed by atoms with Crippen LogP contribution in [0.5, 0.6) is 0 Å². The predicted octanol–water partition coefficient (Wildman–Crippen LogP) is 3.79. The van der Waals surface area contributed by atoms with Crippen LogP contribution in [0.3, 0.4) is 0 Å². The lowest BCUT2D eigenvalue weighted by Gasteiger charge is -2.09. The molecule has 0 spiro atoms. The molecule has 2 nitrogen and oxygen atoms in total. The lowest BCUT2D eigenvalue weighted by atomic mass is 10.2. The average molecular weight is 219 g/mol. The third-order valence-corrected chi connectivity index (χ3v) is 2.38. The molecule has 0 saturated heterocycles. The van der Waals surface area contributed by atoms with Gasteiger partial charge in [0.1, 0.15) is 0 Å². The van der Waals surface area contributed by atoms with Crippen molar-refractivity contribution in [1.29, 1.82) is 0 Å². The SMILES string of the molecule is Cc1ccc(Cl)cc1Nc1cccnc1. The molecule has 76 valence electrons. The second kappa shape index (κ2) is 4.32. The van der Waals surface area contributed by atoms with Crippen LogP contribution in [0.2, 0.25) is 5.02 Å². The van der Waals surface area contributed by atoms with Gasteiger partial charge in [0.2, 0.25) is 0 Å². The van der Waals surface area contributed by atoms with Gasteiger partial charge in [0.25, 0.3) is 0 Å². The highest BCUT2D eigenvalue weighted by Crippen LogP contribution is 2.23. The van der Waals surface area contributed by atoms with E-state index in [-0.39, 0.29) is 0 Å². The van der Waals surface area contributed by atoms with E-state index >= 15 is 0 Å². The number of nitrogens with one attached hydrogen (secondary N) is 1. The normalized spacial score (nSPS) is 10.0. The molecule has 0 atom stereocenters. The number of hydrogen-bond donors (Lipinski definition) is 1. The zero-order valence-corrected chi connectivity index (χ0v) is 9.12. The number of aryl methyl sites for hydroxylation is 1. The number of hydrogen-bond acceptors (Lipinski definition) is 2. The molecular formula is C12H11ClN2. The molecule has 0 bridgehead atoms. The Hall–Kier alpha value is -1.54. The minimum atomic E-state index is 0.729. The third-order valence-electron chi connectivity index (χ3n) is 2.14. The van der Waals surface area contributed by atoms with Crippen LogP contribution in [-0.4, -0.2) is 4.98 Å². The molecule has 2 rings (SSSR count). The van der Waals surface area contributed by atoms with Crippen LogP contribution in [0.1, 0.15) is 5.56 Å². The quantitative estimate of drug-likeness (QED) is 0.830. The van der Waals surface area contributed by atoms with Crippen LogP contribution in [0.4, 0.5) is 11.4 Å². The molecule has 0 amide bonds. The van der Waals surface area contributed by atoms with E-state index < -0.39 is 0 Å². The summed E-state index contributed by atoms with van der Waals surface area (Å²) in [5, 5.41) is 3.99. The molecule has 0 aliphatic carbocycles. The van der Waals surface area contributed by atoms with Crippen molar-refractivity contribution >= 4 is 23.0 Å². The standard InChI is InChI=1S/C12H11ClN2/c1-9-4-5-10(13)7-12(9)15-11-3-2-6-14-8-11/h2-8,15H,1H3. The first-order valence-electron chi connectivity index (χ1n) is 4.69. The van der Waals surface area contributed by atoms with Crippen LogP contribution in [0, 0.1) is 6.92 Å². The van der Waals surface area contributed by atoms with Gasteiger partial charge >= 0.3 is 0 Å². The highest BCUT2D eigenvalue weighted by atomic mass is 35.5.